The number of nitro groups is 1. The van der Waals surface area contributed by atoms with E-state index in [4.69, 9.17) is 18.6 Å². The van der Waals surface area contributed by atoms with E-state index in [0.29, 0.717) is 46.2 Å². The summed E-state index contributed by atoms with van der Waals surface area (Å²) >= 11 is 0. The summed E-state index contributed by atoms with van der Waals surface area (Å²) in [4.78, 5) is 15.1. The molecule has 0 amide bonds. The lowest BCUT2D eigenvalue weighted by atomic mass is 10.1. The number of benzene rings is 2. The summed E-state index contributed by atoms with van der Waals surface area (Å²) in [5, 5.41) is 11.1. The van der Waals surface area contributed by atoms with Crippen LogP contribution >= 0.6 is 0 Å². The summed E-state index contributed by atoms with van der Waals surface area (Å²) in [6, 6.07) is 6.34. The molecular formula is C18H18N2O6. The predicted octanol–water partition coefficient (Wildman–Crippen LogP) is 3.99. The third-order valence-corrected chi connectivity index (χ3v) is 4.06. The van der Waals surface area contributed by atoms with Crippen LogP contribution in [0.1, 0.15) is 12.5 Å². The Labute approximate surface area is 149 Å². The number of ether oxygens (including phenoxy) is 3. The van der Waals surface area contributed by atoms with E-state index < -0.39 is 4.92 Å². The van der Waals surface area contributed by atoms with Crippen molar-refractivity contribution in [1.29, 1.82) is 0 Å². The third-order valence-electron chi connectivity index (χ3n) is 4.06. The number of aromatic nitrogens is 1. The lowest BCUT2D eigenvalue weighted by Gasteiger charge is -2.12. The molecule has 0 fully saturated rings. The molecule has 0 unspecified atom stereocenters. The van der Waals surface area contributed by atoms with Gasteiger partial charge in [-0.25, -0.2) is 4.98 Å². The Kier molecular flexibility index (Phi) is 4.66. The van der Waals surface area contributed by atoms with Crippen LogP contribution < -0.4 is 14.2 Å². The van der Waals surface area contributed by atoms with Gasteiger partial charge in [0.1, 0.15) is 5.52 Å². The zero-order valence-corrected chi connectivity index (χ0v) is 14.9. The van der Waals surface area contributed by atoms with Gasteiger partial charge in [0.15, 0.2) is 17.1 Å². The highest BCUT2D eigenvalue weighted by Gasteiger charge is 2.20. The molecule has 1 aromatic heterocycles. The summed E-state index contributed by atoms with van der Waals surface area (Å²) in [7, 11) is 4.56. The second kappa shape index (κ2) is 6.91. The van der Waals surface area contributed by atoms with E-state index in [2.05, 4.69) is 4.98 Å². The fraction of sp³-hybridized carbons (Fsp3) is 0.278. The third kappa shape index (κ3) is 2.90. The van der Waals surface area contributed by atoms with E-state index in [-0.39, 0.29) is 5.69 Å². The number of nitrogens with zero attached hydrogens (tertiary/aromatic N) is 2. The van der Waals surface area contributed by atoms with Gasteiger partial charge in [0, 0.05) is 23.3 Å². The Morgan fingerprint density at radius 1 is 1.08 bits per heavy atom. The van der Waals surface area contributed by atoms with E-state index in [1.165, 1.54) is 33.5 Å². The summed E-state index contributed by atoms with van der Waals surface area (Å²) in [6.07, 6.45) is 0.585. The second-order valence-electron chi connectivity index (χ2n) is 5.50. The summed E-state index contributed by atoms with van der Waals surface area (Å²) < 4.78 is 21.9. The molecule has 26 heavy (non-hydrogen) atoms. The molecule has 0 aliphatic rings. The van der Waals surface area contributed by atoms with Crippen molar-refractivity contribution in [2.24, 2.45) is 0 Å². The molecule has 0 spiro atoms. The average Bonchev–Trinajstić information content (AvgIpc) is 3.09. The summed E-state index contributed by atoms with van der Waals surface area (Å²) in [5.74, 6) is 1.70. The Morgan fingerprint density at radius 2 is 1.73 bits per heavy atom. The highest BCUT2D eigenvalue weighted by molar-refractivity contribution is 5.82. The number of hydrogen-bond acceptors (Lipinski definition) is 7. The Balaban J connectivity index is 2.21. The number of rotatable bonds is 6. The zero-order chi connectivity index (χ0) is 18.8. The topological polar surface area (TPSA) is 96.9 Å². The maximum atomic E-state index is 11.1. The van der Waals surface area contributed by atoms with Crippen LogP contribution in [0.4, 0.5) is 5.69 Å². The van der Waals surface area contributed by atoms with Gasteiger partial charge in [-0.2, -0.15) is 0 Å². The molecule has 3 aromatic rings. The number of non-ortho nitro benzene ring substituents is 1. The fourth-order valence-electron chi connectivity index (χ4n) is 2.78. The molecule has 0 saturated heterocycles. The van der Waals surface area contributed by atoms with Crippen LogP contribution in [0.5, 0.6) is 17.2 Å². The second-order valence-corrected chi connectivity index (χ2v) is 5.50. The predicted molar refractivity (Wildman–Crippen MR) is 95.1 cm³/mol. The molecule has 0 bridgehead atoms. The fourth-order valence-corrected chi connectivity index (χ4v) is 2.78. The number of fused-ring (bicyclic) bond motifs is 1. The maximum Gasteiger partial charge on any atom is 0.272 e. The smallest absolute Gasteiger partial charge is 0.272 e. The number of aryl methyl sites for hydroxylation is 1. The van der Waals surface area contributed by atoms with Crippen molar-refractivity contribution in [3.63, 3.8) is 0 Å². The summed E-state index contributed by atoms with van der Waals surface area (Å²) in [5.41, 5.74) is 2.28. The van der Waals surface area contributed by atoms with Gasteiger partial charge in [0.25, 0.3) is 5.69 Å². The van der Waals surface area contributed by atoms with E-state index in [9.17, 15) is 10.1 Å². The van der Waals surface area contributed by atoms with Crippen molar-refractivity contribution in [2.45, 2.75) is 13.3 Å². The maximum absolute atomic E-state index is 11.1. The van der Waals surface area contributed by atoms with Gasteiger partial charge in [-0.3, -0.25) is 10.1 Å². The van der Waals surface area contributed by atoms with Gasteiger partial charge in [-0.05, 0) is 18.6 Å². The van der Waals surface area contributed by atoms with Crippen LogP contribution in [-0.4, -0.2) is 31.2 Å². The van der Waals surface area contributed by atoms with Crippen molar-refractivity contribution in [2.75, 3.05) is 21.3 Å². The monoisotopic (exact) mass is 358 g/mol. The SMILES string of the molecule is CCc1cc([N+](=O)[O-])cc2nc(-c3cc(OC)c(OC)c(OC)c3)oc12. The van der Waals surface area contributed by atoms with Gasteiger partial charge >= 0.3 is 0 Å². The van der Waals surface area contributed by atoms with Crippen LogP contribution in [0, 0.1) is 10.1 Å². The van der Waals surface area contributed by atoms with Crippen LogP contribution in [0.25, 0.3) is 22.6 Å². The van der Waals surface area contributed by atoms with Crippen molar-refractivity contribution in [1.82, 2.24) is 4.98 Å². The molecule has 2 aromatic carbocycles. The molecule has 8 heteroatoms. The molecule has 0 radical (unpaired) electrons. The lowest BCUT2D eigenvalue weighted by molar-refractivity contribution is -0.384. The quantitative estimate of drug-likeness (QED) is 0.485. The number of methoxy groups -OCH3 is 3. The normalized spacial score (nSPS) is 10.8. The summed E-state index contributed by atoms with van der Waals surface area (Å²) in [6.45, 7) is 1.90. The molecule has 0 atom stereocenters. The molecule has 0 N–H and O–H groups in total. The Morgan fingerprint density at radius 3 is 2.23 bits per heavy atom. The molecular weight excluding hydrogens is 340 g/mol. The minimum Gasteiger partial charge on any atom is -0.493 e. The number of nitro benzene ring substituents is 1. The highest BCUT2D eigenvalue weighted by Crippen LogP contribution is 2.41. The van der Waals surface area contributed by atoms with Crippen LogP contribution in [-0.2, 0) is 6.42 Å². The van der Waals surface area contributed by atoms with Crippen molar-refractivity contribution < 1.29 is 23.6 Å². The molecule has 0 aliphatic carbocycles. The van der Waals surface area contributed by atoms with Crippen LogP contribution in [0.2, 0.25) is 0 Å². The first-order chi connectivity index (χ1) is 12.5. The minimum absolute atomic E-state index is 0.0147. The van der Waals surface area contributed by atoms with Crippen molar-refractivity contribution in [3.05, 3.63) is 39.9 Å². The molecule has 0 saturated carbocycles. The number of oxazole rings is 1. The first kappa shape index (κ1) is 17.5. The molecule has 8 nitrogen and oxygen atoms in total. The first-order valence-corrected chi connectivity index (χ1v) is 7.90. The van der Waals surface area contributed by atoms with Gasteiger partial charge in [0.2, 0.25) is 11.6 Å². The van der Waals surface area contributed by atoms with Gasteiger partial charge in [0.05, 0.1) is 26.3 Å². The Hall–Kier alpha value is -3.29. The first-order valence-electron chi connectivity index (χ1n) is 7.90. The van der Waals surface area contributed by atoms with Crippen molar-refractivity contribution >= 4 is 16.8 Å². The molecule has 1 heterocycles. The molecule has 3 rings (SSSR count). The number of hydrogen-bond donors (Lipinski definition) is 0. The van der Waals surface area contributed by atoms with Gasteiger partial charge < -0.3 is 18.6 Å². The van der Waals surface area contributed by atoms with Gasteiger partial charge in [-0.15, -0.1) is 0 Å². The highest BCUT2D eigenvalue weighted by atomic mass is 16.6. The van der Waals surface area contributed by atoms with E-state index in [1.54, 1.807) is 12.1 Å². The molecule has 136 valence electrons. The van der Waals surface area contributed by atoms with E-state index >= 15 is 0 Å². The Bertz CT molecular complexity index is 954. The van der Waals surface area contributed by atoms with E-state index in [0.717, 1.165) is 5.56 Å². The van der Waals surface area contributed by atoms with Crippen LogP contribution in [0.15, 0.2) is 28.7 Å². The largest absolute Gasteiger partial charge is 0.493 e. The standard InChI is InChI=1S/C18H18N2O6/c1-5-10-6-12(20(21)22)9-13-16(10)26-18(19-13)11-7-14(23-2)17(25-4)15(8-11)24-3/h6-9H,5H2,1-4H3. The minimum atomic E-state index is -0.438. The molecule has 0 aliphatic heterocycles. The van der Waals surface area contributed by atoms with Gasteiger partial charge in [-0.1, -0.05) is 6.92 Å². The lowest BCUT2D eigenvalue weighted by Crippen LogP contribution is -1.95. The van der Waals surface area contributed by atoms with Crippen molar-refractivity contribution in [3.8, 4) is 28.7 Å². The zero-order valence-electron chi connectivity index (χ0n) is 14.9. The van der Waals surface area contributed by atoms with E-state index in [1.807, 2.05) is 6.92 Å². The van der Waals surface area contributed by atoms with Crippen LogP contribution in [0.3, 0.4) is 0 Å². The average molecular weight is 358 g/mol.